The molecule has 0 spiro atoms. The van der Waals surface area contributed by atoms with Gasteiger partial charge in [-0.1, -0.05) is 6.07 Å². The van der Waals surface area contributed by atoms with Crippen molar-refractivity contribution in [2.75, 3.05) is 43.6 Å². The van der Waals surface area contributed by atoms with Crippen molar-refractivity contribution in [2.45, 2.75) is 20.0 Å². The molecule has 186 valence electrons. The van der Waals surface area contributed by atoms with Crippen LogP contribution in [0.15, 0.2) is 46.1 Å². The van der Waals surface area contributed by atoms with E-state index in [2.05, 4.69) is 37.3 Å². The number of morpholine rings is 1. The van der Waals surface area contributed by atoms with Gasteiger partial charge in [-0.15, -0.1) is 15.3 Å². The smallest absolute Gasteiger partial charge is 0.435 e. The number of ether oxygens (including phenoxy) is 2. The summed E-state index contributed by atoms with van der Waals surface area (Å²) in [4.78, 5) is 14.6. The average molecular weight is 490 g/mol. The van der Waals surface area contributed by atoms with Crippen molar-refractivity contribution >= 4 is 29.7 Å². The number of benzene rings is 1. The number of anilines is 2. The van der Waals surface area contributed by atoms with Crippen molar-refractivity contribution in [1.82, 2.24) is 10.2 Å². The zero-order valence-corrected chi connectivity index (χ0v) is 19.5. The number of carbonyl (C=O) groups excluding carboxylic acids is 1. The second-order valence-electron chi connectivity index (χ2n) is 7.66. The zero-order valence-electron chi connectivity index (χ0n) is 19.5. The molecule has 1 saturated heterocycles. The van der Waals surface area contributed by atoms with Crippen LogP contribution in [-0.2, 0) is 9.53 Å². The van der Waals surface area contributed by atoms with E-state index in [1.807, 2.05) is 13.0 Å². The van der Waals surface area contributed by atoms with Crippen LogP contribution in [0.3, 0.4) is 0 Å². The van der Waals surface area contributed by atoms with Gasteiger partial charge >= 0.3 is 6.18 Å². The number of amides is 1. The Hall–Kier alpha value is -3.80. The summed E-state index contributed by atoms with van der Waals surface area (Å²) in [5.41, 5.74) is 1.73. The van der Waals surface area contributed by atoms with E-state index in [1.165, 1.54) is 14.0 Å². The first-order valence-corrected chi connectivity index (χ1v) is 10.6. The Labute approximate surface area is 200 Å². The van der Waals surface area contributed by atoms with Crippen molar-refractivity contribution in [2.24, 2.45) is 10.2 Å². The Morgan fingerprint density at radius 2 is 1.97 bits per heavy atom. The summed E-state index contributed by atoms with van der Waals surface area (Å²) in [6, 6.07) is 6.96. The highest BCUT2D eigenvalue weighted by Gasteiger charge is 2.35. The first kappa shape index (κ1) is 25.8. The molecule has 2 heterocycles. The van der Waals surface area contributed by atoms with Crippen LogP contribution in [0, 0.1) is 6.92 Å². The lowest BCUT2D eigenvalue weighted by Gasteiger charge is -2.29. The van der Waals surface area contributed by atoms with Crippen LogP contribution in [0.1, 0.15) is 12.5 Å². The minimum atomic E-state index is -4.77. The van der Waals surface area contributed by atoms with E-state index in [0.717, 1.165) is 11.3 Å². The van der Waals surface area contributed by atoms with Crippen LogP contribution < -0.4 is 15.0 Å². The highest BCUT2D eigenvalue weighted by molar-refractivity contribution is 6.10. The monoisotopic (exact) mass is 490 g/mol. The summed E-state index contributed by atoms with van der Waals surface area (Å²) in [5, 5.41) is 16.9. The highest BCUT2D eigenvalue weighted by Crippen LogP contribution is 2.32. The van der Waals surface area contributed by atoms with Gasteiger partial charge in [0.15, 0.2) is 5.71 Å². The molecule has 1 aromatic carbocycles. The molecule has 0 unspecified atom stereocenters. The number of hydrogen-bond donors (Lipinski definition) is 1. The van der Waals surface area contributed by atoms with E-state index in [0.29, 0.717) is 55.2 Å². The predicted octanol–water partition coefficient (Wildman–Crippen LogP) is 3.80. The van der Waals surface area contributed by atoms with Crippen molar-refractivity contribution in [3.63, 3.8) is 0 Å². The molecule has 12 heteroatoms. The third-order valence-corrected chi connectivity index (χ3v) is 5.24. The maximum absolute atomic E-state index is 13.0. The fraction of sp³-hybridized carbons (Fsp3) is 0.348. The molecule has 1 fully saturated rings. The third-order valence-electron chi connectivity index (χ3n) is 5.24. The average Bonchev–Trinajstić information content (AvgIpc) is 2.84. The standard InChI is InChI=1S/C23H25F3N6O3/c1-14-5-6-16(28-21(33)15(2)11-20(30-27-3)23(24,25)26)12-17(14)18-13-19(22(34-4)31-29-18)32-7-9-35-10-8-32/h5-6,11-13H,3,7-10H2,1-2,4H3,(H,28,33)/b15-11+,30-20+. The quantitative estimate of drug-likeness (QED) is 0.360. The molecule has 9 nitrogen and oxygen atoms in total. The summed E-state index contributed by atoms with van der Waals surface area (Å²) in [6.07, 6.45) is -4.16. The molecular formula is C23H25F3N6O3. The zero-order chi connectivity index (χ0) is 25.6. The molecule has 1 amide bonds. The van der Waals surface area contributed by atoms with Crippen molar-refractivity contribution in [3.05, 3.63) is 41.5 Å². The summed E-state index contributed by atoms with van der Waals surface area (Å²) < 4.78 is 49.9. The molecule has 1 aliphatic rings. The summed E-state index contributed by atoms with van der Waals surface area (Å²) in [6.45, 7) is 8.57. The van der Waals surface area contributed by atoms with Gasteiger partial charge < -0.3 is 19.7 Å². The molecule has 1 N–H and O–H groups in total. The normalized spacial score (nSPS) is 15.1. The number of rotatable bonds is 7. The topological polar surface area (TPSA) is 101 Å². The Morgan fingerprint density at radius 1 is 1.26 bits per heavy atom. The first-order chi connectivity index (χ1) is 16.6. The van der Waals surface area contributed by atoms with Crippen LogP contribution in [0.25, 0.3) is 11.3 Å². The maximum atomic E-state index is 13.0. The van der Waals surface area contributed by atoms with E-state index in [1.54, 1.807) is 18.2 Å². The number of allylic oxidation sites excluding steroid dienone is 1. The number of aryl methyl sites for hydroxylation is 1. The molecule has 1 aliphatic heterocycles. The summed E-state index contributed by atoms with van der Waals surface area (Å²) >= 11 is 0. The second-order valence-corrected chi connectivity index (χ2v) is 7.66. The van der Waals surface area contributed by atoms with Crippen LogP contribution in [0.5, 0.6) is 5.88 Å². The number of hydrogen-bond acceptors (Lipinski definition) is 8. The highest BCUT2D eigenvalue weighted by atomic mass is 19.4. The number of aromatic nitrogens is 2. The van der Waals surface area contributed by atoms with Crippen LogP contribution >= 0.6 is 0 Å². The Balaban J connectivity index is 1.89. The van der Waals surface area contributed by atoms with Crippen LogP contribution in [0.2, 0.25) is 0 Å². The Morgan fingerprint density at radius 3 is 2.60 bits per heavy atom. The number of halogens is 3. The van der Waals surface area contributed by atoms with Gasteiger partial charge in [-0.2, -0.15) is 18.3 Å². The fourth-order valence-corrected chi connectivity index (χ4v) is 3.40. The van der Waals surface area contributed by atoms with Gasteiger partial charge in [-0.05, 0) is 43.7 Å². The molecular weight excluding hydrogens is 465 g/mol. The molecule has 2 aromatic rings. The van der Waals surface area contributed by atoms with Crippen molar-refractivity contribution < 1.29 is 27.4 Å². The molecule has 0 atom stereocenters. The molecule has 1 aromatic heterocycles. The lowest BCUT2D eigenvalue weighted by molar-refractivity contribution is -0.112. The molecule has 0 saturated carbocycles. The van der Waals surface area contributed by atoms with Crippen molar-refractivity contribution in [1.29, 1.82) is 0 Å². The fourth-order valence-electron chi connectivity index (χ4n) is 3.40. The van der Waals surface area contributed by atoms with Crippen molar-refractivity contribution in [3.8, 4) is 17.1 Å². The van der Waals surface area contributed by atoms with E-state index in [-0.39, 0.29) is 5.57 Å². The molecule has 0 aliphatic carbocycles. The SMILES string of the molecule is C=N/N=C(\C=C(/C)C(=O)Nc1ccc(C)c(-c2cc(N3CCOCC3)c(OC)nn2)c1)C(F)(F)F. The van der Waals surface area contributed by atoms with Gasteiger partial charge in [0.1, 0.15) is 5.69 Å². The van der Waals surface area contributed by atoms with Crippen LogP contribution in [-0.4, -0.2) is 68.1 Å². The summed E-state index contributed by atoms with van der Waals surface area (Å²) in [5.74, 6) is -0.342. The number of methoxy groups -OCH3 is 1. The van der Waals surface area contributed by atoms with Gasteiger partial charge in [-0.3, -0.25) is 4.79 Å². The lowest BCUT2D eigenvalue weighted by atomic mass is 10.0. The van der Waals surface area contributed by atoms with Gasteiger partial charge in [-0.25, -0.2) is 0 Å². The molecule has 3 rings (SSSR count). The van der Waals surface area contributed by atoms with E-state index >= 15 is 0 Å². The van der Waals surface area contributed by atoms with E-state index in [4.69, 9.17) is 9.47 Å². The molecule has 35 heavy (non-hydrogen) atoms. The largest absolute Gasteiger partial charge is 0.478 e. The van der Waals surface area contributed by atoms with Crippen LogP contribution in [0.4, 0.5) is 24.5 Å². The Bertz CT molecular complexity index is 1160. The van der Waals surface area contributed by atoms with Gasteiger partial charge in [0.25, 0.3) is 11.8 Å². The number of nitrogens with zero attached hydrogens (tertiary/aromatic N) is 5. The van der Waals surface area contributed by atoms with Gasteiger partial charge in [0.05, 0.1) is 26.0 Å². The van der Waals surface area contributed by atoms with E-state index < -0.39 is 17.8 Å². The second kappa shape index (κ2) is 11.1. The number of nitrogens with one attached hydrogen (secondary N) is 1. The minimum Gasteiger partial charge on any atom is -0.478 e. The molecule has 0 radical (unpaired) electrons. The van der Waals surface area contributed by atoms with Gasteiger partial charge in [0, 0.05) is 36.6 Å². The Kier molecular flexibility index (Phi) is 8.18. The maximum Gasteiger partial charge on any atom is 0.435 e. The first-order valence-electron chi connectivity index (χ1n) is 10.6. The third kappa shape index (κ3) is 6.41. The predicted molar refractivity (Wildman–Crippen MR) is 127 cm³/mol. The molecule has 0 bridgehead atoms. The minimum absolute atomic E-state index is 0.203. The van der Waals surface area contributed by atoms with E-state index in [9.17, 15) is 18.0 Å². The number of carbonyl (C=O) groups is 1. The summed E-state index contributed by atoms with van der Waals surface area (Å²) in [7, 11) is 1.52. The lowest BCUT2D eigenvalue weighted by Crippen LogP contribution is -2.36. The number of alkyl halides is 3. The van der Waals surface area contributed by atoms with Gasteiger partial charge in [0.2, 0.25) is 0 Å².